The Morgan fingerprint density at radius 2 is 2.50 bits per heavy atom. The van der Waals surface area contributed by atoms with Crippen molar-refractivity contribution in [1.82, 2.24) is 5.32 Å². The maximum atomic E-state index is 5.35. The lowest BCUT2D eigenvalue weighted by molar-refractivity contribution is -0.169. The smallest absolute Gasteiger partial charge is 0.172 e. The van der Waals surface area contributed by atoms with Gasteiger partial charge in [-0.3, -0.25) is 0 Å². The van der Waals surface area contributed by atoms with E-state index < -0.39 is 0 Å². The molecule has 1 aliphatic heterocycles. The largest absolute Gasteiger partial charge is 0.351 e. The molecule has 0 spiro atoms. The third-order valence-corrected chi connectivity index (χ3v) is 1.59. The van der Waals surface area contributed by atoms with Gasteiger partial charge in [-0.25, -0.2) is 0 Å². The van der Waals surface area contributed by atoms with E-state index in [0.717, 1.165) is 19.8 Å². The van der Waals surface area contributed by atoms with Crippen LogP contribution in [-0.4, -0.2) is 32.1 Å². The van der Waals surface area contributed by atoms with Gasteiger partial charge in [0.25, 0.3) is 0 Å². The molecule has 0 aromatic rings. The van der Waals surface area contributed by atoms with E-state index in [1.807, 2.05) is 6.92 Å². The molecule has 0 aliphatic carbocycles. The van der Waals surface area contributed by atoms with Gasteiger partial charge in [-0.2, -0.15) is 0 Å². The molecule has 1 aliphatic rings. The van der Waals surface area contributed by atoms with Gasteiger partial charge in [-0.05, 0) is 13.8 Å². The van der Waals surface area contributed by atoms with Gasteiger partial charge in [0.05, 0.1) is 12.6 Å². The monoisotopic (exact) mass is 145 g/mol. The lowest BCUT2D eigenvalue weighted by atomic mass is 10.3. The second kappa shape index (κ2) is 3.91. The van der Waals surface area contributed by atoms with Crippen molar-refractivity contribution in [2.45, 2.75) is 26.2 Å². The molecular weight excluding hydrogens is 130 g/mol. The fourth-order valence-electron chi connectivity index (χ4n) is 1.06. The molecular formula is C7H15NO2. The Morgan fingerprint density at radius 3 is 3.10 bits per heavy atom. The topological polar surface area (TPSA) is 30.5 Å². The van der Waals surface area contributed by atoms with E-state index >= 15 is 0 Å². The first-order valence-electron chi connectivity index (χ1n) is 3.81. The number of nitrogens with one attached hydrogen (secondary N) is 1. The maximum Gasteiger partial charge on any atom is 0.172 e. The summed E-state index contributed by atoms with van der Waals surface area (Å²) < 4.78 is 10.7. The van der Waals surface area contributed by atoms with E-state index in [1.165, 1.54) is 0 Å². The molecule has 1 rings (SSSR count). The van der Waals surface area contributed by atoms with Crippen LogP contribution >= 0.6 is 0 Å². The zero-order valence-corrected chi connectivity index (χ0v) is 6.59. The lowest BCUT2D eigenvalue weighted by Crippen LogP contribution is -2.47. The van der Waals surface area contributed by atoms with Crippen LogP contribution in [0.5, 0.6) is 0 Å². The maximum absolute atomic E-state index is 5.35. The van der Waals surface area contributed by atoms with E-state index in [4.69, 9.17) is 9.47 Å². The molecule has 3 nitrogen and oxygen atoms in total. The molecule has 10 heavy (non-hydrogen) atoms. The van der Waals surface area contributed by atoms with Crippen LogP contribution in [0, 0.1) is 0 Å². The zero-order valence-electron chi connectivity index (χ0n) is 6.59. The van der Waals surface area contributed by atoms with Gasteiger partial charge < -0.3 is 14.8 Å². The first-order chi connectivity index (χ1) is 4.84. The van der Waals surface area contributed by atoms with Crippen molar-refractivity contribution in [3.63, 3.8) is 0 Å². The van der Waals surface area contributed by atoms with E-state index in [2.05, 4.69) is 12.2 Å². The molecule has 0 radical (unpaired) electrons. The van der Waals surface area contributed by atoms with Gasteiger partial charge >= 0.3 is 0 Å². The molecule has 1 saturated heterocycles. The van der Waals surface area contributed by atoms with E-state index in [1.54, 1.807) is 0 Å². The van der Waals surface area contributed by atoms with Crippen LogP contribution in [0.25, 0.3) is 0 Å². The molecule has 1 N–H and O–H groups in total. The SMILES string of the molecule is CCOC1OCCNC1C. The van der Waals surface area contributed by atoms with Crippen LogP contribution < -0.4 is 5.32 Å². The molecule has 2 unspecified atom stereocenters. The average molecular weight is 145 g/mol. The summed E-state index contributed by atoms with van der Waals surface area (Å²) in [6.45, 7) is 6.46. The summed E-state index contributed by atoms with van der Waals surface area (Å²) in [7, 11) is 0. The Hall–Kier alpha value is -0.120. The van der Waals surface area contributed by atoms with Crippen LogP contribution in [0.15, 0.2) is 0 Å². The second-order valence-electron chi connectivity index (χ2n) is 2.44. The summed E-state index contributed by atoms with van der Waals surface area (Å²) in [5, 5.41) is 3.27. The van der Waals surface area contributed by atoms with Crippen LogP contribution in [0.1, 0.15) is 13.8 Å². The summed E-state index contributed by atoms with van der Waals surface area (Å²) in [5.41, 5.74) is 0. The summed E-state index contributed by atoms with van der Waals surface area (Å²) in [5.74, 6) is 0. The molecule has 0 aromatic carbocycles. The molecule has 60 valence electrons. The van der Waals surface area contributed by atoms with Gasteiger partial charge in [-0.1, -0.05) is 0 Å². The highest BCUT2D eigenvalue weighted by molar-refractivity contribution is 4.69. The van der Waals surface area contributed by atoms with Gasteiger partial charge in [0.2, 0.25) is 0 Å². The molecule has 0 aromatic heterocycles. The van der Waals surface area contributed by atoms with Crippen molar-refractivity contribution in [3.8, 4) is 0 Å². The van der Waals surface area contributed by atoms with Crippen LogP contribution in [0.4, 0.5) is 0 Å². The number of hydrogen-bond acceptors (Lipinski definition) is 3. The Kier molecular flexibility index (Phi) is 3.12. The van der Waals surface area contributed by atoms with Gasteiger partial charge in [0.1, 0.15) is 0 Å². The van der Waals surface area contributed by atoms with Crippen LogP contribution in [-0.2, 0) is 9.47 Å². The first-order valence-corrected chi connectivity index (χ1v) is 3.81. The van der Waals surface area contributed by atoms with Gasteiger partial charge in [-0.15, -0.1) is 0 Å². The minimum atomic E-state index is -0.0428. The van der Waals surface area contributed by atoms with Gasteiger partial charge in [0.15, 0.2) is 6.29 Å². The number of rotatable bonds is 2. The zero-order chi connectivity index (χ0) is 7.40. The Bertz CT molecular complexity index is 95.6. The lowest BCUT2D eigenvalue weighted by Gasteiger charge is -2.29. The van der Waals surface area contributed by atoms with Crippen LogP contribution in [0.3, 0.4) is 0 Å². The molecule has 1 heterocycles. The number of hydrogen-bond donors (Lipinski definition) is 1. The normalized spacial score (nSPS) is 34.2. The van der Waals surface area contributed by atoms with Crippen molar-refractivity contribution in [2.75, 3.05) is 19.8 Å². The summed E-state index contributed by atoms with van der Waals surface area (Å²) in [6, 6.07) is 0.327. The highest BCUT2D eigenvalue weighted by Crippen LogP contribution is 2.04. The fraction of sp³-hybridized carbons (Fsp3) is 1.00. The minimum Gasteiger partial charge on any atom is -0.351 e. The Morgan fingerprint density at radius 1 is 1.70 bits per heavy atom. The molecule has 0 amide bonds. The molecule has 3 heteroatoms. The van der Waals surface area contributed by atoms with Crippen molar-refractivity contribution < 1.29 is 9.47 Å². The first kappa shape index (κ1) is 7.98. The third kappa shape index (κ3) is 1.94. The predicted octanol–water partition coefficient (Wildman–Crippen LogP) is 0.357. The standard InChI is InChI=1S/C7H15NO2/c1-3-9-7-6(2)8-4-5-10-7/h6-8H,3-5H2,1-2H3. The van der Waals surface area contributed by atoms with Crippen molar-refractivity contribution in [3.05, 3.63) is 0 Å². The average Bonchev–Trinajstić information content (AvgIpc) is 1.94. The second-order valence-corrected chi connectivity index (χ2v) is 2.44. The van der Waals surface area contributed by atoms with E-state index in [9.17, 15) is 0 Å². The van der Waals surface area contributed by atoms with Crippen molar-refractivity contribution in [2.24, 2.45) is 0 Å². The number of morpholine rings is 1. The third-order valence-electron chi connectivity index (χ3n) is 1.59. The summed E-state index contributed by atoms with van der Waals surface area (Å²) in [6.07, 6.45) is -0.0428. The number of ether oxygens (including phenoxy) is 2. The van der Waals surface area contributed by atoms with E-state index in [-0.39, 0.29) is 6.29 Å². The molecule has 2 atom stereocenters. The summed E-state index contributed by atoms with van der Waals surface area (Å²) in [4.78, 5) is 0. The predicted molar refractivity (Wildman–Crippen MR) is 38.8 cm³/mol. The minimum absolute atomic E-state index is 0.0428. The van der Waals surface area contributed by atoms with Gasteiger partial charge in [0, 0.05) is 13.2 Å². The van der Waals surface area contributed by atoms with Crippen molar-refractivity contribution >= 4 is 0 Å². The van der Waals surface area contributed by atoms with Crippen molar-refractivity contribution in [1.29, 1.82) is 0 Å². The molecule has 0 saturated carbocycles. The quantitative estimate of drug-likeness (QED) is 0.608. The molecule has 1 fully saturated rings. The Labute approximate surface area is 61.7 Å². The van der Waals surface area contributed by atoms with Crippen LogP contribution in [0.2, 0.25) is 0 Å². The van der Waals surface area contributed by atoms with E-state index in [0.29, 0.717) is 6.04 Å². The highest BCUT2D eigenvalue weighted by atomic mass is 16.7. The molecule has 0 bridgehead atoms. The Balaban J connectivity index is 2.25. The highest BCUT2D eigenvalue weighted by Gasteiger charge is 2.20. The fourth-order valence-corrected chi connectivity index (χ4v) is 1.06. The summed E-state index contributed by atoms with van der Waals surface area (Å²) >= 11 is 0.